The van der Waals surface area contributed by atoms with Gasteiger partial charge in [0.1, 0.15) is 17.5 Å². The highest BCUT2D eigenvalue weighted by Gasteiger charge is 2.22. The lowest BCUT2D eigenvalue weighted by molar-refractivity contribution is 0.0532. The molecule has 6 nitrogen and oxygen atoms in total. The maximum atomic E-state index is 12.5. The standard InChI is InChI=1S/C20H14ClN3O3S/c1-2-27-19(26)18-17(13-4-3-5-14(21)9-13)23-20(28-18)24-11-22-15-8-12(10-25)6-7-16(15)24/h3-11H,2H2,1H3. The average molecular weight is 412 g/mol. The van der Waals surface area contributed by atoms with E-state index in [2.05, 4.69) is 9.97 Å². The number of imidazole rings is 1. The molecule has 4 rings (SSSR count). The van der Waals surface area contributed by atoms with Gasteiger partial charge < -0.3 is 4.74 Å². The topological polar surface area (TPSA) is 74.1 Å². The highest BCUT2D eigenvalue weighted by Crippen LogP contribution is 2.33. The first-order chi connectivity index (χ1) is 13.6. The van der Waals surface area contributed by atoms with Crippen LogP contribution in [0.4, 0.5) is 0 Å². The van der Waals surface area contributed by atoms with Gasteiger partial charge in [-0.3, -0.25) is 9.36 Å². The molecule has 0 amide bonds. The molecule has 0 aliphatic rings. The second kappa shape index (κ2) is 7.53. The number of hydrogen-bond acceptors (Lipinski definition) is 6. The number of benzene rings is 2. The van der Waals surface area contributed by atoms with Gasteiger partial charge in [0.2, 0.25) is 0 Å². The smallest absolute Gasteiger partial charge is 0.350 e. The SMILES string of the molecule is CCOC(=O)c1sc(-n2cnc3cc(C=O)ccc32)nc1-c1cccc(Cl)c1. The monoisotopic (exact) mass is 411 g/mol. The third-order valence-corrected chi connectivity index (χ3v) is 5.36. The number of halogens is 1. The summed E-state index contributed by atoms with van der Waals surface area (Å²) in [6.45, 7) is 2.02. The molecule has 0 spiro atoms. The fourth-order valence-electron chi connectivity index (χ4n) is 2.83. The van der Waals surface area contributed by atoms with Crippen LogP contribution in [0, 0.1) is 0 Å². The van der Waals surface area contributed by atoms with E-state index in [1.165, 1.54) is 11.3 Å². The summed E-state index contributed by atoms with van der Waals surface area (Å²) < 4.78 is 6.99. The normalized spacial score (nSPS) is 10.9. The first-order valence-electron chi connectivity index (χ1n) is 8.47. The molecular formula is C20H14ClN3O3S. The first-order valence-corrected chi connectivity index (χ1v) is 9.66. The van der Waals surface area contributed by atoms with E-state index >= 15 is 0 Å². The van der Waals surface area contributed by atoms with Crippen LogP contribution in [0.1, 0.15) is 27.0 Å². The van der Waals surface area contributed by atoms with Crippen molar-refractivity contribution in [2.24, 2.45) is 0 Å². The van der Waals surface area contributed by atoms with Gasteiger partial charge in [-0.05, 0) is 37.3 Å². The Morgan fingerprint density at radius 2 is 2.14 bits per heavy atom. The van der Waals surface area contributed by atoms with Crippen molar-refractivity contribution in [3.05, 3.63) is 64.3 Å². The van der Waals surface area contributed by atoms with Crippen LogP contribution < -0.4 is 0 Å². The maximum absolute atomic E-state index is 12.5. The molecule has 2 aromatic heterocycles. The van der Waals surface area contributed by atoms with Crippen molar-refractivity contribution in [2.75, 3.05) is 6.61 Å². The second-order valence-corrected chi connectivity index (χ2v) is 7.30. The average Bonchev–Trinajstić information content (AvgIpc) is 3.32. The molecule has 140 valence electrons. The van der Waals surface area contributed by atoms with Gasteiger partial charge in [-0.25, -0.2) is 14.8 Å². The van der Waals surface area contributed by atoms with Crippen molar-refractivity contribution in [3.8, 4) is 16.4 Å². The first kappa shape index (κ1) is 18.3. The molecule has 0 aliphatic heterocycles. The zero-order valence-corrected chi connectivity index (χ0v) is 16.3. The van der Waals surface area contributed by atoms with E-state index in [4.69, 9.17) is 16.3 Å². The molecule has 0 N–H and O–H groups in total. The van der Waals surface area contributed by atoms with Crippen LogP contribution in [0.25, 0.3) is 27.4 Å². The number of carbonyl (C=O) groups excluding carboxylic acids is 2. The highest BCUT2D eigenvalue weighted by molar-refractivity contribution is 7.16. The molecule has 4 aromatic rings. The molecule has 2 aromatic carbocycles. The molecule has 0 atom stereocenters. The van der Waals surface area contributed by atoms with Crippen molar-refractivity contribution in [1.82, 2.24) is 14.5 Å². The van der Waals surface area contributed by atoms with Crippen LogP contribution in [0.5, 0.6) is 0 Å². The predicted molar refractivity (Wildman–Crippen MR) is 109 cm³/mol. The van der Waals surface area contributed by atoms with Crippen molar-refractivity contribution in [1.29, 1.82) is 0 Å². The number of ether oxygens (including phenoxy) is 1. The van der Waals surface area contributed by atoms with Gasteiger partial charge in [-0.2, -0.15) is 0 Å². The Balaban J connectivity index is 1.88. The lowest BCUT2D eigenvalue weighted by Gasteiger charge is -2.02. The Morgan fingerprint density at radius 3 is 2.89 bits per heavy atom. The summed E-state index contributed by atoms with van der Waals surface area (Å²) in [7, 11) is 0. The molecule has 8 heteroatoms. The van der Waals surface area contributed by atoms with Crippen molar-refractivity contribution in [3.63, 3.8) is 0 Å². The number of carbonyl (C=O) groups is 2. The van der Waals surface area contributed by atoms with Gasteiger partial charge >= 0.3 is 5.97 Å². The van der Waals surface area contributed by atoms with Crippen molar-refractivity contribution < 1.29 is 14.3 Å². The summed E-state index contributed by atoms with van der Waals surface area (Å²) in [4.78, 5) is 32.9. The molecule has 0 unspecified atom stereocenters. The van der Waals surface area contributed by atoms with Crippen molar-refractivity contribution >= 4 is 46.2 Å². The van der Waals surface area contributed by atoms with E-state index < -0.39 is 5.97 Å². The van der Waals surface area contributed by atoms with E-state index in [1.807, 2.05) is 6.07 Å². The van der Waals surface area contributed by atoms with E-state index in [9.17, 15) is 9.59 Å². The lowest BCUT2D eigenvalue weighted by Crippen LogP contribution is -2.03. The van der Waals surface area contributed by atoms with E-state index in [-0.39, 0.29) is 6.61 Å². The van der Waals surface area contributed by atoms with Gasteiger partial charge in [-0.1, -0.05) is 35.1 Å². The third-order valence-electron chi connectivity index (χ3n) is 4.09. The van der Waals surface area contributed by atoms with Gasteiger partial charge in [-0.15, -0.1) is 0 Å². The fourth-order valence-corrected chi connectivity index (χ4v) is 3.99. The second-order valence-electron chi connectivity index (χ2n) is 5.89. The highest BCUT2D eigenvalue weighted by atomic mass is 35.5. The largest absolute Gasteiger partial charge is 0.462 e. The molecule has 0 radical (unpaired) electrons. The van der Waals surface area contributed by atoms with E-state index in [1.54, 1.807) is 54.2 Å². The van der Waals surface area contributed by atoms with Gasteiger partial charge in [0.25, 0.3) is 0 Å². The number of esters is 1. The minimum absolute atomic E-state index is 0.267. The Bertz CT molecular complexity index is 1200. The van der Waals surface area contributed by atoms with Crippen LogP contribution in [0.15, 0.2) is 48.8 Å². The third kappa shape index (κ3) is 3.30. The number of nitrogens with zero attached hydrogens (tertiary/aromatic N) is 3. The summed E-state index contributed by atoms with van der Waals surface area (Å²) in [5, 5.41) is 1.12. The van der Waals surface area contributed by atoms with Crippen LogP contribution >= 0.6 is 22.9 Å². The zero-order chi connectivity index (χ0) is 19.7. The molecule has 0 saturated carbocycles. The van der Waals surface area contributed by atoms with Crippen LogP contribution in [-0.4, -0.2) is 33.4 Å². The number of aromatic nitrogens is 3. The molecule has 28 heavy (non-hydrogen) atoms. The molecule has 0 aliphatic carbocycles. The molecule has 2 heterocycles. The van der Waals surface area contributed by atoms with Crippen LogP contribution in [0.2, 0.25) is 5.02 Å². The van der Waals surface area contributed by atoms with Crippen LogP contribution in [-0.2, 0) is 4.74 Å². The summed E-state index contributed by atoms with van der Waals surface area (Å²) in [5.41, 5.74) is 3.23. The summed E-state index contributed by atoms with van der Waals surface area (Å²) in [5.74, 6) is -0.436. The minimum Gasteiger partial charge on any atom is -0.462 e. The Labute approximate surface area is 169 Å². The maximum Gasteiger partial charge on any atom is 0.350 e. The molecule has 0 bridgehead atoms. The number of aldehydes is 1. The zero-order valence-electron chi connectivity index (χ0n) is 14.8. The Hall–Kier alpha value is -3.03. The quantitative estimate of drug-likeness (QED) is 0.348. The predicted octanol–water partition coefficient (Wildman–Crippen LogP) is 4.79. The van der Waals surface area contributed by atoms with Crippen molar-refractivity contribution in [2.45, 2.75) is 6.92 Å². The van der Waals surface area contributed by atoms with Gasteiger partial charge in [0.05, 0.1) is 23.3 Å². The fraction of sp³-hybridized carbons (Fsp3) is 0.100. The van der Waals surface area contributed by atoms with Gasteiger partial charge in [0, 0.05) is 16.1 Å². The van der Waals surface area contributed by atoms with E-state index in [0.717, 1.165) is 17.4 Å². The number of fused-ring (bicyclic) bond motifs is 1. The molecular weight excluding hydrogens is 398 g/mol. The summed E-state index contributed by atoms with van der Waals surface area (Å²) in [6.07, 6.45) is 2.40. The lowest BCUT2D eigenvalue weighted by atomic mass is 10.1. The van der Waals surface area contributed by atoms with E-state index in [0.29, 0.717) is 31.8 Å². The Kier molecular flexibility index (Phi) is 4.93. The molecule has 0 saturated heterocycles. The number of thiazole rings is 1. The summed E-state index contributed by atoms with van der Waals surface area (Å²) >= 11 is 7.33. The summed E-state index contributed by atoms with van der Waals surface area (Å²) in [6, 6.07) is 12.4. The van der Waals surface area contributed by atoms with Gasteiger partial charge in [0.15, 0.2) is 5.13 Å². The number of hydrogen-bond donors (Lipinski definition) is 0. The number of rotatable bonds is 5. The minimum atomic E-state index is -0.436. The molecule has 0 fully saturated rings. The van der Waals surface area contributed by atoms with Crippen LogP contribution in [0.3, 0.4) is 0 Å². The Morgan fingerprint density at radius 1 is 1.29 bits per heavy atom.